The zero-order chi connectivity index (χ0) is 14.4. The third kappa shape index (κ3) is 3.87. The molecule has 0 aliphatic carbocycles. The van der Waals surface area contributed by atoms with E-state index >= 15 is 0 Å². The maximum absolute atomic E-state index is 12.1. The highest BCUT2D eigenvalue weighted by atomic mass is 16.5. The fourth-order valence-corrected chi connectivity index (χ4v) is 2.50. The van der Waals surface area contributed by atoms with Crippen LogP contribution in [0.4, 0.5) is 5.69 Å². The topological polar surface area (TPSA) is 67.6 Å². The first-order chi connectivity index (χ1) is 9.70. The molecule has 0 bridgehead atoms. The van der Waals surface area contributed by atoms with Gasteiger partial charge < -0.3 is 20.7 Å². The Bertz CT molecular complexity index is 456. The van der Waals surface area contributed by atoms with Crippen LogP contribution in [-0.2, 0) is 0 Å². The van der Waals surface area contributed by atoms with Crippen LogP contribution >= 0.6 is 0 Å². The molecule has 1 fully saturated rings. The lowest BCUT2D eigenvalue weighted by Crippen LogP contribution is -2.28. The third-order valence-electron chi connectivity index (χ3n) is 3.61. The molecule has 2 rings (SSSR count). The number of hydrogen-bond donors (Lipinski definition) is 2. The normalized spacial score (nSPS) is 15.2. The van der Waals surface area contributed by atoms with Crippen molar-refractivity contribution in [1.82, 2.24) is 10.2 Å². The lowest BCUT2D eigenvalue weighted by molar-refractivity contribution is 0.0949. The first kappa shape index (κ1) is 14.7. The van der Waals surface area contributed by atoms with E-state index in [1.807, 2.05) is 0 Å². The molecule has 0 radical (unpaired) electrons. The Morgan fingerprint density at radius 1 is 1.40 bits per heavy atom. The molecule has 5 nitrogen and oxygen atoms in total. The second kappa shape index (κ2) is 7.14. The number of rotatable bonds is 6. The zero-order valence-electron chi connectivity index (χ0n) is 12.0. The number of amides is 1. The molecule has 5 heteroatoms. The molecule has 0 unspecified atom stereocenters. The van der Waals surface area contributed by atoms with Crippen LogP contribution in [0.3, 0.4) is 0 Å². The Balaban J connectivity index is 1.79. The van der Waals surface area contributed by atoms with Crippen molar-refractivity contribution in [3.8, 4) is 5.75 Å². The Kier molecular flexibility index (Phi) is 5.24. The number of benzene rings is 1. The maximum Gasteiger partial charge on any atom is 0.255 e. The quantitative estimate of drug-likeness (QED) is 0.611. The van der Waals surface area contributed by atoms with Crippen molar-refractivity contribution in [3.63, 3.8) is 0 Å². The van der Waals surface area contributed by atoms with Crippen LogP contribution in [0.2, 0.25) is 0 Å². The predicted octanol–water partition coefficient (Wildman–Crippen LogP) is 1.49. The van der Waals surface area contributed by atoms with Crippen molar-refractivity contribution in [2.45, 2.75) is 19.3 Å². The van der Waals surface area contributed by atoms with Gasteiger partial charge in [-0.2, -0.15) is 0 Å². The number of nitrogens with two attached hydrogens (primary N) is 1. The van der Waals surface area contributed by atoms with E-state index in [2.05, 4.69) is 10.2 Å². The summed E-state index contributed by atoms with van der Waals surface area (Å²) in [4.78, 5) is 14.5. The highest BCUT2D eigenvalue weighted by Gasteiger charge is 2.13. The number of ether oxygens (including phenoxy) is 1. The van der Waals surface area contributed by atoms with Crippen molar-refractivity contribution in [2.75, 3.05) is 39.0 Å². The van der Waals surface area contributed by atoms with Gasteiger partial charge >= 0.3 is 0 Å². The molecule has 1 aliphatic heterocycles. The summed E-state index contributed by atoms with van der Waals surface area (Å²) in [6.07, 6.45) is 3.58. The Labute approximate surface area is 120 Å². The zero-order valence-corrected chi connectivity index (χ0v) is 12.0. The fourth-order valence-electron chi connectivity index (χ4n) is 2.50. The molecular formula is C15H23N3O2. The largest absolute Gasteiger partial charge is 0.496 e. The molecule has 20 heavy (non-hydrogen) atoms. The van der Waals surface area contributed by atoms with Crippen LogP contribution in [0.5, 0.6) is 5.75 Å². The van der Waals surface area contributed by atoms with Gasteiger partial charge in [0.25, 0.3) is 5.91 Å². The van der Waals surface area contributed by atoms with Crippen molar-refractivity contribution in [2.24, 2.45) is 0 Å². The summed E-state index contributed by atoms with van der Waals surface area (Å²) in [5.41, 5.74) is 6.80. The van der Waals surface area contributed by atoms with Crippen LogP contribution < -0.4 is 15.8 Å². The first-order valence-corrected chi connectivity index (χ1v) is 7.15. The molecule has 1 aliphatic rings. The molecule has 0 saturated carbocycles. The standard InChI is InChI=1S/C15H23N3O2/c1-20-14-11-12(16)5-6-13(14)15(19)17-7-4-10-18-8-2-3-9-18/h5-6,11H,2-4,7-10,16H2,1H3,(H,17,19). The van der Waals surface area contributed by atoms with Gasteiger partial charge in [-0.3, -0.25) is 4.79 Å². The molecule has 1 heterocycles. The molecule has 110 valence electrons. The van der Waals surface area contributed by atoms with Crippen molar-refractivity contribution in [1.29, 1.82) is 0 Å². The summed E-state index contributed by atoms with van der Waals surface area (Å²) < 4.78 is 5.19. The molecule has 1 aromatic rings. The summed E-state index contributed by atoms with van der Waals surface area (Å²) in [6.45, 7) is 4.13. The number of carbonyl (C=O) groups excluding carboxylic acids is 1. The highest BCUT2D eigenvalue weighted by Crippen LogP contribution is 2.21. The molecule has 0 spiro atoms. The number of methoxy groups -OCH3 is 1. The van der Waals surface area contributed by atoms with Gasteiger partial charge in [0.15, 0.2) is 0 Å². The minimum absolute atomic E-state index is 0.108. The van der Waals surface area contributed by atoms with E-state index in [-0.39, 0.29) is 5.91 Å². The van der Waals surface area contributed by atoms with E-state index in [9.17, 15) is 4.79 Å². The first-order valence-electron chi connectivity index (χ1n) is 7.15. The van der Waals surface area contributed by atoms with Crippen LogP contribution in [0.1, 0.15) is 29.6 Å². The van der Waals surface area contributed by atoms with Gasteiger partial charge in [0, 0.05) is 18.3 Å². The molecule has 1 saturated heterocycles. The van der Waals surface area contributed by atoms with E-state index in [0.717, 1.165) is 13.0 Å². The molecule has 0 aromatic heterocycles. The number of hydrogen-bond acceptors (Lipinski definition) is 4. The van der Waals surface area contributed by atoms with E-state index in [1.165, 1.54) is 25.9 Å². The predicted molar refractivity (Wildman–Crippen MR) is 80.0 cm³/mol. The molecule has 1 aromatic carbocycles. The molecule has 3 N–H and O–H groups in total. The average molecular weight is 277 g/mol. The molecular weight excluding hydrogens is 254 g/mol. The number of nitrogens with one attached hydrogen (secondary N) is 1. The minimum Gasteiger partial charge on any atom is -0.496 e. The van der Waals surface area contributed by atoms with Gasteiger partial charge in [0.05, 0.1) is 12.7 Å². The number of nitrogens with zero attached hydrogens (tertiary/aromatic N) is 1. The number of anilines is 1. The van der Waals surface area contributed by atoms with Crippen molar-refractivity contribution < 1.29 is 9.53 Å². The SMILES string of the molecule is COc1cc(N)ccc1C(=O)NCCCN1CCCC1. The van der Waals surface area contributed by atoms with Crippen LogP contribution in [-0.4, -0.2) is 44.1 Å². The second-order valence-electron chi connectivity index (χ2n) is 5.12. The number of carbonyl (C=O) groups is 1. The summed E-state index contributed by atoms with van der Waals surface area (Å²) in [7, 11) is 1.54. The Hall–Kier alpha value is -1.75. The number of likely N-dealkylation sites (tertiary alicyclic amines) is 1. The van der Waals surface area contributed by atoms with Crippen LogP contribution in [0.25, 0.3) is 0 Å². The van der Waals surface area contributed by atoms with Gasteiger partial charge in [-0.25, -0.2) is 0 Å². The van der Waals surface area contributed by atoms with E-state index in [1.54, 1.807) is 25.3 Å². The van der Waals surface area contributed by atoms with Crippen LogP contribution in [0, 0.1) is 0 Å². The van der Waals surface area contributed by atoms with Gasteiger partial charge in [-0.1, -0.05) is 0 Å². The second-order valence-corrected chi connectivity index (χ2v) is 5.12. The number of nitrogen functional groups attached to an aromatic ring is 1. The van der Waals surface area contributed by atoms with Gasteiger partial charge in [-0.05, 0) is 51.0 Å². The fraction of sp³-hybridized carbons (Fsp3) is 0.533. The minimum atomic E-state index is -0.108. The summed E-state index contributed by atoms with van der Waals surface area (Å²) in [6, 6.07) is 5.07. The Morgan fingerprint density at radius 2 is 2.15 bits per heavy atom. The summed E-state index contributed by atoms with van der Waals surface area (Å²) in [5, 5.41) is 2.93. The summed E-state index contributed by atoms with van der Waals surface area (Å²) >= 11 is 0. The van der Waals surface area contributed by atoms with E-state index < -0.39 is 0 Å². The Morgan fingerprint density at radius 3 is 2.85 bits per heavy atom. The van der Waals surface area contributed by atoms with Gasteiger partial charge in [0.1, 0.15) is 5.75 Å². The van der Waals surface area contributed by atoms with E-state index in [4.69, 9.17) is 10.5 Å². The maximum atomic E-state index is 12.1. The van der Waals surface area contributed by atoms with Gasteiger partial charge in [-0.15, -0.1) is 0 Å². The smallest absolute Gasteiger partial charge is 0.255 e. The lowest BCUT2D eigenvalue weighted by atomic mass is 10.1. The monoisotopic (exact) mass is 277 g/mol. The third-order valence-corrected chi connectivity index (χ3v) is 3.61. The van der Waals surface area contributed by atoms with E-state index in [0.29, 0.717) is 23.5 Å². The molecule has 0 atom stereocenters. The average Bonchev–Trinajstić information content (AvgIpc) is 2.96. The van der Waals surface area contributed by atoms with Crippen LogP contribution in [0.15, 0.2) is 18.2 Å². The van der Waals surface area contributed by atoms with Crippen molar-refractivity contribution in [3.05, 3.63) is 23.8 Å². The van der Waals surface area contributed by atoms with Crippen molar-refractivity contribution >= 4 is 11.6 Å². The lowest BCUT2D eigenvalue weighted by Gasteiger charge is -2.14. The van der Waals surface area contributed by atoms with Gasteiger partial charge in [0.2, 0.25) is 0 Å². The summed E-state index contributed by atoms with van der Waals surface area (Å²) in [5.74, 6) is 0.408. The highest BCUT2D eigenvalue weighted by molar-refractivity contribution is 5.97. The molecule has 1 amide bonds.